The first-order valence-electron chi connectivity index (χ1n) is 6.84. The van der Waals surface area contributed by atoms with Crippen LogP contribution in [0.25, 0.3) is 0 Å². The zero-order chi connectivity index (χ0) is 14.0. The molecule has 0 aliphatic rings. The number of hydrogen-bond acceptors (Lipinski definition) is 3. The summed E-state index contributed by atoms with van der Waals surface area (Å²) in [6.07, 6.45) is 0.968. The summed E-state index contributed by atoms with van der Waals surface area (Å²) >= 11 is 0. The van der Waals surface area contributed by atoms with E-state index < -0.39 is 0 Å². The van der Waals surface area contributed by atoms with Gasteiger partial charge in [0.25, 0.3) is 0 Å². The van der Waals surface area contributed by atoms with Gasteiger partial charge in [-0.1, -0.05) is 13.8 Å². The van der Waals surface area contributed by atoms with Crippen LogP contribution in [0.15, 0.2) is 4.99 Å². The Morgan fingerprint density at radius 2 is 1.89 bits per heavy atom. The van der Waals surface area contributed by atoms with Gasteiger partial charge in [0.2, 0.25) is 0 Å². The standard InChI is InChI=1S/C13H30N4O/c1-6-16(7-2)11-15-13(14)17(12(3)4)9-8-10-18-5/h12H,6-11H2,1-5H3,(H2,14,15). The fraction of sp³-hybridized carbons (Fsp3) is 0.923. The van der Waals surface area contributed by atoms with Crippen LogP contribution in [0.2, 0.25) is 0 Å². The Kier molecular flexibility index (Phi) is 9.69. The van der Waals surface area contributed by atoms with Gasteiger partial charge in [-0.2, -0.15) is 0 Å². The predicted molar refractivity (Wildman–Crippen MR) is 77.7 cm³/mol. The van der Waals surface area contributed by atoms with Crippen molar-refractivity contribution >= 4 is 5.96 Å². The van der Waals surface area contributed by atoms with Crippen LogP contribution in [0.1, 0.15) is 34.1 Å². The van der Waals surface area contributed by atoms with Gasteiger partial charge in [0.15, 0.2) is 5.96 Å². The largest absolute Gasteiger partial charge is 0.385 e. The monoisotopic (exact) mass is 258 g/mol. The van der Waals surface area contributed by atoms with Gasteiger partial charge >= 0.3 is 0 Å². The fourth-order valence-corrected chi connectivity index (χ4v) is 1.70. The predicted octanol–water partition coefficient (Wildman–Crippen LogP) is 1.35. The number of methoxy groups -OCH3 is 1. The first-order valence-corrected chi connectivity index (χ1v) is 6.84. The third-order valence-electron chi connectivity index (χ3n) is 2.99. The molecule has 0 unspecified atom stereocenters. The first kappa shape index (κ1) is 17.2. The minimum absolute atomic E-state index is 0.363. The number of nitrogens with zero attached hydrogens (tertiary/aromatic N) is 3. The van der Waals surface area contributed by atoms with Crippen molar-refractivity contribution in [3.8, 4) is 0 Å². The highest BCUT2D eigenvalue weighted by molar-refractivity contribution is 5.78. The SMILES string of the molecule is CCN(CC)C/N=C(\N)N(CCCOC)C(C)C. The van der Waals surface area contributed by atoms with Gasteiger partial charge in [-0.25, -0.2) is 4.99 Å². The molecule has 5 nitrogen and oxygen atoms in total. The second-order valence-corrected chi connectivity index (χ2v) is 4.59. The Hall–Kier alpha value is -0.810. The maximum absolute atomic E-state index is 6.07. The number of rotatable bonds is 9. The summed E-state index contributed by atoms with van der Waals surface area (Å²) in [4.78, 5) is 8.84. The summed E-state index contributed by atoms with van der Waals surface area (Å²) in [6.45, 7) is 12.8. The molecule has 108 valence electrons. The smallest absolute Gasteiger partial charge is 0.192 e. The highest BCUT2D eigenvalue weighted by Gasteiger charge is 2.11. The molecule has 18 heavy (non-hydrogen) atoms. The Balaban J connectivity index is 4.35. The van der Waals surface area contributed by atoms with E-state index in [0.29, 0.717) is 18.7 Å². The van der Waals surface area contributed by atoms with Crippen molar-refractivity contribution in [1.82, 2.24) is 9.80 Å². The topological polar surface area (TPSA) is 54.1 Å². The van der Waals surface area contributed by atoms with Crippen LogP contribution in [0.3, 0.4) is 0 Å². The number of ether oxygens (including phenoxy) is 1. The number of aliphatic imine (C=N–C) groups is 1. The molecule has 0 aliphatic carbocycles. The molecule has 0 aliphatic heterocycles. The lowest BCUT2D eigenvalue weighted by atomic mass is 10.3. The van der Waals surface area contributed by atoms with E-state index in [1.165, 1.54) is 0 Å². The first-order chi connectivity index (χ1) is 8.56. The number of nitrogens with two attached hydrogens (primary N) is 1. The van der Waals surface area contributed by atoms with E-state index in [1.54, 1.807) is 7.11 Å². The molecule has 0 amide bonds. The number of hydrogen-bond donors (Lipinski definition) is 1. The van der Waals surface area contributed by atoms with Crippen molar-refractivity contribution in [2.75, 3.05) is 40.0 Å². The average Bonchev–Trinajstić information content (AvgIpc) is 2.35. The zero-order valence-electron chi connectivity index (χ0n) is 12.6. The normalized spacial score (nSPS) is 12.5. The zero-order valence-corrected chi connectivity index (χ0v) is 12.6. The van der Waals surface area contributed by atoms with Gasteiger partial charge in [0, 0.05) is 26.3 Å². The molecule has 0 rings (SSSR count). The Labute approximate surface area is 112 Å². The average molecular weight is 258 g/mol. The molecule has 0 spiro atoms. The summed E-state index contributed by atoms with van der Waals surface area (Å²) < 4.78 is 5.07. The van der Waals surface area contributed by atoms with Gasteiger partial charge in [-0.3, -0.25) is 4.90 Å². The van der Waals surface area contributed by atoms with E-state index in [-0.39, 0.29) is 0 Å². The second kappa shape index (κ2) is 10.1. The van der Waals surface area contributed by atoms with Gasteiger partial charge in [-0.05, 0) is 33.4 Å². The molecule has 0 heterocycles. The van der Waals surface area contributed by atoms with Gasteiger partial charge < -0.3 is 15.4 Å². The lowest BCUT2D eigenvalue weighted by molar-refractivity contribution is 0.181. The molecule has 0 aromatic rings. The summed E-state index contributed by atoms with van der Waals surface area (Å²) in [5.74, 6) is 0.632. The van der Waals surface area contributed by atoms with Crippen molar-refractivity contribution in [2.45, 2.75) is 40.2 Å². The van der Waals surface area contributed by atoms with Crippen LogP contribution in [0, 0.1) is 0 Å². The third-order valence-corrected chi connectivity index (χ3v) is 2.99. The molecular formula is C13H30N4O. The minimum atomic E-state index is 0.363. The Bertz CT molecular complexity index is 227. The van der Waals surface area contributed by atoms with Crippen LogP contribution >= 0.6 is 0 Å². The lowest BCUT2D eigenvalue weighted by Crippen LogP contribution is -2.43. The third kappa shape index (κ3) is 6.81. The Morgan fingerprint density at radius 1 is 1.28 bits per heavy atom. The van der Waals surface area contributed by atoms with Crippen molar-refractivity contribution in [1.29, 1.82) is 0 Å². The van der Waals surface area contributed by atoms with Crippen LogP contribution < -0.4 is 5.73 Å². The van der Waals surface area contributed by atoms with E-state index in [4.69, 9.17) is 10.5 Å². The van der Waals surface area contributed by atoms with Gasteiger partial charge in [0.05, 0.1) is 6.67 Å². The van der Waals surface area contributed by atoms with Crippen molar-refractivity contribution in [2.24, 2.45) is 10.7 Å². The van der Waals surface area contributed by atoms with Crippen LogP contribution in [-0.4, -0.2) is 61.8 Å². The molecule has 5 heteroatoms. The van der Waals surface area contributed by atoms with Crippen LogP contribution in [-0.2, 0) is 4.74 Å². The van der Waals surface area contributed by atoms with Crippen molar-refractivity contribution in [3.05, 3.63) is 0 Å². The molecule has 0 aromatic carbocycles. The van der Waals surface area contributed by atoms with Gasteiger partial charge in [0.1, 0.15) is 0 Å². The van der Waals surface area contributed by atoms with Crippen molar-refractivity contribution in [3.63, 3.8) is 0 Å². The van der Waals surface area contributed by atoms with E-state index >= 15 is 0 Å². The maximum Gasteiger partial charge on any atom is 0.192 e. The molecule has 0 saturated heterocycles. The molecule has 0 radical (unpaired) electrons. The second-order valence-electron chi connectivity index (χ2n) is 4.59. The van der Waals surface area contributed by atoms with E-state index in [9.17, 15) is 0 Å². The van der Waals surface area contributed by atoms with Crippen LogP contribution in [0.5, 0.6) is 0 Å². The van der Waals surface area contributed by atoms with Crippen LogP contribution in [0.4, 0.5) is 0 Å². The highest BCUT2D eigenvalue weighted by Crippen LogP contribution is 2.00. The summed E-state index contributed by atoms with van der Waals surface area (Å²) in [5.41, 5.74) is 6.07. The Morgan fingerprint density at radius 3 is 2.33 bits per heavy atom. The summed E-state index contributed by atoms with van der Waals surface area (Å²) in [7, 11) is 1.72. The molecule has 0 saturated carbocycles. The molecule has 0 atom stereocenters. The summed E-state index contributed by atoms with van der Waals surface area (Å²) in [5, 5.41) is 0. The van der Waals surface area contributed by atoms with Crippen molar-refractivity contribution < 1.29 is 4.74 Å². The fourth-order valence-electron chi connectivity index (χ4n) is 1.70. The molecule has 2 N–H and O–H groups in total. The molecule has 0 aromatic heterocycles. The van der Waals surface area contributed by atoms with E-state index in [2.05, 4.69) is 42.5 Å². The lowest BCUT2D eigenvalue weighted by Gasteiger charge is -2.28. The number of guanidine groups is 1. The maximum atomic E-state index is 6.07. The molecular weight excluding hydrogens is 228 g/mol. The molecule has 0 fully saturated rings. The molecule has 0 bridgehead atoms. The quantitative estimate of drug-likeness (QED) is 0.385. The van der Waals surface area contributed by atoms with E-state index in [1.807, 2.05) is 0 Å². The highest BCUT2D eigenvalue weighted by atomic mass is 16.5. The van der Waals surface area contributed by atoms with E-state index in [0.717, 1.165) is 32.7 Å². The van der Waals surface area contributed by atoms with Gasteiger partial charge in [-0.15, -0.1) is 0 Å². The minimum Gasteiger partial charge on any atom is -0.385 e. The summed E-state index contributed by atoms with van der Waals surface area (Å²) in [6, 6.07) is 0.363.